The maximum Gasteiger partial charge on any atom is 0.214 e. The van der Waals surface area contributed by atoms with Gasteiger partial charge in [0.15, 0.2) is 0 Å². The zero-order valence-electron chi connectivity index (χ0n) is 11.4. The molecule has 0 saturated heterocycles. The second-order valence-electron chi connectivity index (χ2n) is 4.70. The molecule has 2 rings (SSSR count). The summed E-state index contributed by atoms with van der Waals surface area (Å²) in [6.45, 7) is 7.39. The van der Waals surface area contributed by atoms with Gasteiger partial charge in [-0.2, -0.15) is 4.68 Å². The van der Waals surface area contributed by atoms with Gasteiger partial charge in [0.1, 0.15) is 0 Å². The van der Waals surface area contributed by atoms with Crippen molar-refractivity contribution in [2.75, 3.05) is 6.54 Å². The van der Waals surface area contributed by atoms with Crippen LogP contribution < -0.4 is 5.32 Å². The Bertz CT molecular complexity index is 497. The zero-order chi connectivity index (χ0) is 13.7. The summed E-state index contributed by atoms with van der Waals surface area (Å²) in [5, 5.41) is 16.6. The number of nitrogens with one attached hydrogen (secondary N) is 1. The van der Waals surface area contributed by atoms with Gasteiger partial charge in [-0.05, 0) is 22.6 Å². The minimum absolute atomic E-state index is 0.413. The number of hydrogen-bond donors (Lipinski definition) is 1. The number of nitrogens with zero attached hydrogens (tertiary/aromatic N) is 4. The number of benzene rings is 1. The van der Waals surface area contributed by atoms with Crippen LogP contribution >= 0.6 is 11.8 Å². The van der Waals surface area contributed by atoms with E-state index in [2.05, 4.69) is 41.6 Å². The van der Waals surface area contributed by atoms with Gasteiger partial charge in [-0.25, -0.2) is 0 Å². The summed E-state index contributed by atoms with van der Waals surface area (Å²) >= 11 is 1.68. The standard InChI is InChI=1S/C13H19N5S/c1-10(2)14-9-11(3)19-13-15-16-17-18(13)12-7-5-4-6-8-12/h4-8,10-11,14H,9H2,1-3H3. The van der Waals surface area contributed by atoms with Gasteiger partial charge < -0.3 is 5.32 Å². The Morgan fingerprint density at radius 2 is 1.95 bits per heavy atom. The monoisotopic (exact) mass is 277 g/mol. The Balaban J connectivity index is 2.04. The second kappa shape index (κ2) is 6.68. The molecule has 0 aliphatic rings. The van der Waals surface area contributed by atoms with Crippen LogP contribution in [0.25, 0.3) is 5.69 Å². The molecule has 102 valence electrons. The van der Waals surface area contributed by atoms with Crippen LogP contribution in [0.3, 0.4) is 0 Å². The van der Waals surface area contributed by atoms with Crippen molar-refractivity contribution in [3.05, 3.63) is 30.3 Å². The van der Waals surface area contributed by atoms with Crippen molar-refractivity contribution in [3.8, 4) is 5.69 Å². The van der Waals surface area contributed by atoms with Crippen LogP contribution in [-0.4, -0.2) is 38.0 Å². The van der Waals surface area contributed by atoms with Gasteiger partial charge in [0.05, 0.1) is 5.69 Å². The molecule has 0 saturated carbocycles. The van der Waals surface area contributed by atoms with E-state index in [1.54, 1.807) is 16.4 Å². The first kappa shape index (κ1) is 14.0. The number of thioether (sulfide) groups is 1. The molecule has 1 N–H and O–H groups in total. The lowest BCUT2D eigenvalue weighted by Gasteiger charge is -2.13. The van der Waals surface area contributed by atoms with Crippen LogP contribution in [0.5, 0.6) is 0 Å². The molecule has 0 bridgehead atoms. The highest BCUT2D eigenvalue weighted by Crippen LogP contribution is 2.22. The van der Waals surface area contributed by atoms with Gasteiger partial charge in [0.25, 0.3) is 0 Å². The normalized spacial score (nSPS) is 12.8. The Morgan fingerprint density at radius 1 is 1.21 bits per heavy atom. The van der Waals surface area contributed by atoms with E-state index in [-0.39, 0.29) is 0 Å². The summed E-state index contributed by atoms with van der Waals surface area (Å²) in [6.07, 6.45) is 0. The molecule has 1 atom stereocenters. The Kier molecular flexibility index (Phi) is 4.93. The lowest BCUT2D eigenvalue weighted by molar-refractivity contribution is 0.588. The van der Waals surface area contributed by atoms with Crippen molar-refractivity contribution < 1.29 is 0 Å². The van der Waals surface area contributed by atoms with Crippen LogP contribution in [0.15, 0.2) is 35.5 Å². The van der Waals surface area contributed by atoms with Gasteiger partial charge in [-0.3, -0.25) is 0 Å². The highest BCUT2D eigenvalue weighted by molar-refractivity contribution is 7.99. The molecule has 19 heavy (non-hydrogen) atoms. The minimum atomic E-state index is 0.413. The van der Waals surface area contributed by atoms with Gasteiger partial charge in [-0.15, -0.1) is 5.10 Å². The van der Waals surface area contributed by atoms with Crippen LogP contribution in [0.4, 0.5) is 0 Å². The summed E-state index contributed by atoms with van der Waals surface area (Å²) < 4.78 is 1.77. The third kappa shape index (κ3) is 4.04. The fourth-order valence-corrected chi connectivity index (χ4v) is 2.47. The predicted molar refractivity (Wildman–Crippen MR) is 77.6 cm³/mol. The molecule has 2 aromatic rings. The molecule has 0 radical (unpaired) electrons. The van der Waals surface area contributed by atoms with E-state index in [0.717, 1.165) is 17.4 Å². The molecule has 0 aliphatic heterocycles. The topological polar surface area (TPSA) is 55.6 Å². The number of rotatable bonds is 6. The molecular weight excluding hydrogens is 258 g/mol. The largest absolute Gasteiger partial charge is 0.313 e. The number of aromatic nitrogens is 4. The molecular formula is C13H19N5S. The SMILES string of the molecule is CC(C)NCC(C)Sc1nnnn1-c1ccccc1. The molecule has 0 fully saturated rings. The molecule has 0 aliphatic carbocycles. The van der Waals surface area contributed by atoms with Crippen molar-refractivity contribution in [3.63, 3.8) is 0 Å². The van der Waals surface area contributed by atoms with Crippen LogP contribution in [0.1, 0.15) is 20.8 Å². The zero-order valence-corrected chi connectivity index (χ0v) is 12.3. The summed E-state index contributed by atoms with van der Waals surface area (Å²) in [6, 6.07) is 10.4. The van der Waals surface area contributed by atoms with Crippen molar-refractivity contribution in [1.29, 1.82) is 0 Å². The lowest BCUT2D eigenvalue weighted by atomic mass is 10.3. The molecule has 6 heteroatoms. The van der Waals surface area contributed by atoms with Gasteiger partial charge >= 0.3 is 0 Å². The molecule has 1 aromatic carbocycles. The Labute approximate surface area is 117 Å². The molecule has 1 heterocycles. The summed E-state index contributed by atoms with van der Waals surface area (Å²) in [5.41, 5.74) is 0.985. The van der Waals surface area contributed by atoms with Crippen molar-refractivity contribution in [2.45, 2.75) is 37.2 Å². The Hall–Kier alpha value is -1.40. The van der Waals surface area contributed by atoms with Gasteiger partial charge in [0.2, 0.25) is 5.16 Å². The molecule has 0 amide bonds. The smallest absolute Gasteiger partial charge is 0.214 e. The first-order valence-corrected chi connectivity index (χ1v) is 7.28. The van der Waals surface area contributed by atoms with Crippen LogP contribution in [-0.2, 0) is 0 Å². The average Bonchev–Trinajstić information content (AvgIpc) is 2.85. The number of hydrogen-bond acceptors (Lipinski definition) is 5. The maximum absolute atomic E-state index is 4.10. The first-order chi connectivity index (χ1) is 9.16. The van der Waals surface area contributed by atoms with E-state index in [4.69, 9.17) is 0 Å². The quantitative estimate of drug-likeness (QED) is 0.820. The molecule has 5 nitrogen and oxygen atoms in total. The van der Waals surface area contributed by atoms with Crippen LogP contribution in [0.2, 0.25) is 0 Å². The fourth-order valence-electron chi connectivity index (χ4n) is 1.61. The third-order valence-electron chi connectivity index (χ3n) is 2.56. The third-order valence-corrected chi connectivity index (χ3v) is 3.60. The minimum Gasteiger partial charge on any atom is -0.313 e. The number of para-hydroxylation sites is 1. The van der Waals surface area contributed by atoms with E-state index in [1.165, 1.54) is 0 Å². The van der Waals surface area contributed by atoms with E-state index >= 15 is 0 Å². The highest BCUT2D eigenvalue weighted by atomic mass is 32.2. The van der Waals surface area contributed by atoms with E-state index in [1.807, 2.05) is 30.3 Å². The maximum atomic E-state index is 4.10. The molecule has 1 aromatic heterocycles. The van der Waals surface area contributed by atoms with E-state index in [0.29, 0.717) is 11.3 Å². The summed E-state index contributed by atoms with van der Waals surface area (Å²) in [7, 11) is 0. The predicted octanol–water partition coefficient (Wildman–Crippen LogP) is 2.14. The fraction of sp³-hybridized carbons (Fsp3) is 0.462. The Morgan fingerprint density at radius 3 is 2.63 bits per heavy atom. The van der Waals surface area contributed by atoms with Crippen molar-refractivity contribution in [2.24, 2.45) is 0 Å². The van der Waals surface area contributed by atoms with Gasteiger partial charge in [-0.1, -0.05) is 50.7 Å². The van der Waals surface area contributed by atoms with E-state index in [9.17, 15) is 0 Å². The van der Waals surface area contributed by atoms with E-state index < -0.39 is 0 Å². The molecule has 1 unspecified atom stereocenters. The number of tetrazole rings is 1. The molecule has 0 spiro atoms. The summed E-state index contributed by atoms with van der Waals surface area (Å²) in [5.74, 6) is 0. The first-order valence-electron chi connectivity index (χ1n) is 6.40. The summed E-state index contributed by atoms with van der Waals surface area (Å²) in [4.78, 5) is 0. The second-order valence-corrected chi connectivity index (χ2v) is 6.11. The van der Waals surface area contributed by atoms with Crippen molar-refractivity contribution in [1.82, 2.24) is 25.5 Å². The van der Waals surface area contributed by atoms with Gasteiger partial charge in [0, 0.05) is 17.8 Å². The van der Waals surface area contributed by atoms with Crippen LogP contribution in [0, 0.1) is 0 Å². The van der Waals surface area contributed by atoms with Crippen molar-refractivity contribution >= 4 is 11.8 Å². The lowest BCUT2D eigenvalue weighted by Crippen LogP contribution is -2.29. The average molecular weight is 277 g/mol. The highest BCUT2D eigenvalue weighted by Gasteiger charge is 2.13.